The number of anilines is 1. The number of rotatable bonds is 4. The fourth-order valence-electron chi connectivity index (χ4n) is 2.59. The fourth-order valence-corrected chi connectivity index (χ4v) is 3.07. The predicted octanol–water partition coefficient (Wildman–Crippen LogP) is 4.19. The van der Waals surface area contributed by atoms with Gasteiger partial charge in [0.1, 0.15) is 0 Å². The van der Waals surface area contributed by atoms with Crippen molar-refractivity contribution in [2.24, 2.45) is 5.92 Å². The molecular formula is C15H20BrNO2. The van der Waals surface area contributed by atoms with Crippen molar-refractivity contribution < 1.29 is 9.53 Å². The minimum atomic E-state index is -0.0216. The molecule has 2 rings (SSSR count). The number of carbonyl (C=O) groups is 1. The lowest BCUT2D eigenvalue weighted by Crippen LogP contribution is -2.17. The van der Waals surface area contributed by atoms with Crippen LogP contribution in [0.2, 0.25) is 0 Å². The van der Waals surface area contributed by atoms with E-state index in [4.69, 9.17) is 10.5 Å². The normalized spacial score (nSPS) is 16.3. The van der Waals surface area contributed by atoms with E-state index in [-0.39, 0.29) is 5.78 Å². The van der Waals surface area contributed by atoms with Gasteiger partial charge in [-0.2, -0.15) is 0 Å². The molecule has 3 nitrogen and oxygen atoms in total. The zero-order valence-electron chi connectivity index (χ0n) is 11.2. The van der Waals surface area contributed by atoms with Gasteiger partial charge in [-0.15, -0.1) is 0 Å². The number of ether oxygens (including phenoxy) is 1. The lowest BCUT2D eigenvalue weighted by atomic mass is 9.90. The Morgan fingerprint density at radius 3 is 2.68 bits per heavy atom. The maximum atomic E-state index is 11.7. The minimum absolute atomic E-state index is 0.0216. The molecule has 0 atom stereocenters. The highest BCUT2D eigenvalue weighted by Crippen LogP contribution is 2.32. The van der Waals surface area contributed by atoms with E-state index in [0.717, 1.165) is 4.47 Å². The number of carbonyl (C=O) groups excluding carboxylic acids is 1. The fraction of sp³-hybridized carbons (Fsp3) is 0.533. The van der Waals surface area contributed by atoms with Crippen LogP contribution in [0.1, 0.15) is 49.4 Å². The van der Waals surface area contributed by atoms with E-state index in [9.17, 15) is 4.79 Å². The zero-order valence-corrected chi connectivity index (χ0v) is 12.8. The number of Topliss-reactive ketones (excluding diaryl/α,β-unsaturated/α-hetero) is 1. The molecule has 1 fully saturated rings. The Balaban J connectivity index is 2.12. The van der Waals surface area contributed by atoms with Gasteiger partial charge in [0, 0.05) is 4.47 Å². The molecule has 0 aromatic heterocycles. The molecule has 4 heteroatoms. The second-order valence-electron chi connectivity index (χ2n) is 5.24. The molecule has 0 aliphatic heterocycles. The first-order valence-electron chi connectivity index (χ1n) is 6.80. The second-order valence-corrected chi connectivity index (χ2v) is 6.16. The first-order chi connectivity index (χ1) is 9.08. The smallest absolute Gasteiger partial charge is 0.163 e. The summed E-state index contributed by atoms with van der Waals surface area (Å²) in [6.45, 7) is 2.20. The van der Waals surface area contributed by atoms with Crippen LogP contribution >= 0.6 is 15.9 Å². The highest BCUT2D eigenvalue weighted by Gasteiger charge is 2.18. The van der Waals surface area contributed by atoms with Gasteiger partial charge in [-0.05, 0) is 37.8 Å². The summed E-state index contributed by atoms with van der Waals surface area (Å²) in [6.07, 6.45) is 6.32. The first-order valence-corrected chi connectivity index (χ1v) is 7.60. The molecule has 0 spiro atoms. The summed E-state index contributed by atoms with van der Waals surface area (Å²) in [7, 11) is 0. The largest absolute Gasteiger partial charge is 0.490 e. The summed E-state index contributed by atoms with van der Waals surface area (Å²) >= 11 is 3.36. The van der Waals surface area contributed by atoms with Crippen LogP contribution in [0.4, 0.5) is 5.69 Å². The molecular weight excluding hydrogens is 306 g/mol. The molecule has 1 aromatic rings. The number of nitrogen functional groups attached to an aromatic ring is 1. The number of ketones is 1. The van der Waals surface area contributed by atoms with E-state index in [1.807, 2.05) is 0 Å². The second kappa shape index (κ2) is 6.42. The lowest BCUT2D eigenvalue weighted by Gasteiger charge is -2.22. The summed E-state index contributed by atoms with van der Waals surface area (Å²) in [5.41, 5.74) is 7.05. The average Bonchev–Trinajstić information content (AvgIpc) is 2.38. The molecule has 0 radical (unpaired) electrons. The molecule has 1 saturated carbocycles. The molecule has 0 amide bonds. The molecule has 1 aromatic carbocycles. The Morgan fingerprint density at radius 1 is 1.37 bits per heavy atom. The van der Waals surface area contributed by atoms with Crippen molar-refractivity contribution in [3.05, 3.63) is 22.2 Å². The summed E-state index contributed by atoms with van der Waals surface area (Å²) < 4.78 is 6.66. The Bertz CT molecular complexity index is 467. The molecule has 1 aliphatic rings. The van der Waals surface area contributed by atoms with Gasteiger partial charge in [-0.3, -0.25) is 4.79 Å². The van der Waals surface area contributed by atoms with Crippen molar-refractivity contribution in [3.8, 4) is 5.75 Å². The summed E-state index contributed by atoms with van der Waals surface area (Å²) in [6, 6.07) is 3.55. The van der Waals surface area contributed by atoms with Gasteiger partial charge < -0.3 is 10.5 Å². The monoisotopic (exact) mass is 325 g/mol. The molecule has 104 valence electrons. The van der Waals surface area contributed by atoms with Gasteiger partial charge in [0.05, 0.1) is 17.9 Å². The van der Waals surface area contributed by atoms with Gasteiger partial charge in [-0.1, -0.05) is 35.2 Å². The topological polar surface area (TPSA) is 52.3 Å². The predicted molar refractivity (Wildman–Crippen MR) is 80.6 cm³/mol. The summed E-state index contributed by atoms with van der Waals surface area (Å²) in [5, 5.41) is 0. The molecule has 1 aliphatic carbocycles. The molecule has 0 unspecified atom stereocenters. The van der Waals surface area contributed by atoms with Crippen molar-refractivity contribution in [2.75, 3.05) is 12.3 Å². The number of halogens is 1. The van der Waals surface area contributed by atoms with Gasteiger partial charge >= 0.3 is 0 Å². The lowest BCUT2D eigenvalue weighted by molar-refractivity contribution is 0.101. The van der Waals surface area contributed by atoms with Crippen LogP contribution in [0.25, 0.3) is 0 Å². The van der Waals surface area contributed by atoms with Crippen molar-refractivity contribution >= 4 is 27.4 Å². The average molecular weight is 326 g/mol. The Labute approximate surface area is 122 Å². The van der Waals surface area contributed by atoms with Crippen molar-refractivity contribution in [1.29, 1.82) is 0 Å². The SMILES string of the molecule is CC(=O)c1cc(Br)cc(N)c1OCC1CCCCC1. The Hall–Kier alpha value is -1.03. The van der Waals surface area contributed by atoms with Crippen molar-refractivity contribution in [3.63, 3.8) is 0 Å². The van der Waals surface area contributed by atoms with E-state index in [2.05, 4.69) is 15.9 Å². The van der Waals surface area contributed by atoms with E-state index >= 15 is 0 Å². The Kier molecular flexibility index (Phi) is 4.86. The third kappa shape index (κ3) is 3.72. The number of hydrogen-bond acceptors (Lipinski definition) is 3. The standard InChI is InChI=1S/C15H20BrNO2/c1-10(18)13-7-12(16)8-14(17)15(13)19-9-11-5-3-2-4-6-11/h7-8,11H,2-6,9,17H2,1H3. The molecule has 0 saturated heterocycles. The molecule has 0 bridgehead atoms. The number of hydrogen-bond donors (Lipinski definition) is 1. The molecule has 2 N–H and O–H groups in total. The van der Waals surface area contributed by atoms with Gasteiger partial charge in [-0.25, -0.2) is 0 Å². The molecule has 19 heavy (non-hydrogen) atoms. The van der Waals surface area contributed by atoms with E-state index in [1.54, 1.807) is 12.1 Å². The van der Waals surface area contributed by atoms with Crippen LogP contribution in [0.5, 0.6) is 5.75 Å². The van der Waals surface area contributed by atoms with Crippen LogP contribution in [0, 0.1) is 5.92 Å². The highest BCUT2D eigenvalue weighted by molar-refractivity contribution is 9.10. The third-order valence-corrected chi connectivity index (χ3v) is 4.11. The zero-order chi connectivity index (χ0) is 13.8. The van der Waals surface area contributed by atoms with E-state index < -0.39 is 0 Å². The maximum Gasteiger partial charge on any atom is 0.163 e. The maximum absolute atomic E-state index is 11.7. The summed E-state index contributed by atoms with van der Waals surface area (Å²) in [5.74, 6) is 1.12. The third-order valence-electron chi connectivity index (χ3n) is 3.65. The van der Waals surface area contributed by atoms with E-state index in [1.165, 1.54) is 39.0 Å². The highest BCUT2D eigenvalue weighted by atomic mass is 79.9. The van der Waals surface area contributed by atoms with Crippen LogP contribution in [0.15, 0.2) is 16.6 Å². The Morgan fingerprint density at radius 2 is 2.05 bits per heavy atom. The summed E-state index contributed by atoms with van der Waals surface area (Å²) in [4.78, 5) is 11.7. The van der Waals surface area contributed by atoms with Crippen LogP contribution in [-0.4, -0.2) is 12.4 Å². The van der Waals surface area contributed by atoms with Gasteiger partial charge in [0.15, 0.2) is 11.5 Å². The van der Waals surface area contributed by atoms with Crippen LogP contribution in [-0.2, 0) is 0 Å². The van der Waals surface area contributed by atoms with Crippen molar-refractivity contribution in [2.45, 2.75) is 39.0 Å². The first kappa shape index (κ1) is 14.4. The van der Waals surface area contributed by atoms with E-state index in [0.29, 0.717) is 29.5 Å². The van der Waals surface area contributed by atoms with Gasteiger partial charge in [0.2, 0.25) is 0 Å². The quantitative estimate of drug-likeness (QED) is 0.667. The number of benzene rings is 1. The van der Waals surface area contributed by atoms with Crippen molar-refractivity contribution in [1.82, 2.24) is 0 Å². The minimum Gasteiger partial charge on any atom is -0.490 e. The van der Waals surface area contributed by atoms with Crippen LogP contribution < -0.4 is 10.5 Å². The van der Waals surface area contributed by atoms with Gasteiger partial charge in [0.25, 0.3) is 0 Å². The molecule has 0 heterocycles. The van der Waals surface area contributed by atoms with Crippen LogP contribution in [0.3, 0.4) is 0 Å². The number of nitrogens with two attached hydrogens (primary N) is 1.